The quantitative estimate of drug-likeness (QED) is 0.234. The van der Waals surface area contributed by atoms with Crippen molar-refractivity contribution >= 4 is 45.4 Å². The maximum Gasteiger partial charge on any atom is 0.194 e. The Hall–Kier alpha value is 1.000. The van der Waals surface area contributed by atoms with Crippen molar-refractivity contribution in [2.24, 2.45) is 5.41 Å². The van der Waals surface area contributed by atoms with Crippen LogP contribution < -0.4 is 10.6 Å². The molecule has 0 spiro atoms. The van der Waals surface area contributed by atoms with Crippen molar-refractivity contribution in [2.75, 3.05) is 109 Å². The molecule has 8 aliphatic rings. The first-order valence-corrected chi connectivity index (χ1v) is 25.9. The summed E-state index contributed by atoms with van der Waals surface area (Å²) in [6.07, 6.45) is 15.9. The molecule has 14 heteroatoms. The molecule has 0 aromatic rings. The summed E-state index contributed by atoms with van der Waals surface area (Å²) in [5.41, 5.74) is -0.923. The summed E-state index contributed by atoms with van der Waals surface area (Å²) in [4.78, 5) is 8.84. The molecular formula is C39H69N5O5S4. The van der Waals surface area contributed by atoms with Crippen LogP contribution in [0.4, 0.5) is 0 Å². The number of nitrogens with zero attached hydrogens (tertiary/aromatic N) is 3. The number of rotatable bonds is 8. The van der Waals surface area contributed by atoms with Crippen molar-refractivity contribution in [3.8, 4) is 0 Å². The van der Waals surface area contributed by atoms with Gasteiger partial charge in [-0.2, -0.15) is 0 Å². The van der Waals surface area contributed by atoms with E-state index >= 15 is 0 Å². The number of hydrogen-bond acceptors (Lipinski definition) is 14. The van der Waals surface area contributed by atoms with Gasteiger partial charge in [-0.25, -0.2) is 0 Å². The zero-order chi connectivity index (χ0) is 35.8. The summed E-state index contributed by atoms with van der Waals surface area (Å²) in [5.74, 6) is 3.31. The van der Waals surface area contributed by atoms with Gasteiger partial charge in [0, 0.05) is 88.3 Å². The van der Waals surface area contributed by atoms with Crippen LogP contribution in [0.15, 0.2) is 0 Å². The molecule has 8 rings (SSSR count). The molecule has 0 amide bonds. The minimum absolute atomic E-state index is 0.0394. The summed E-state index contributed by atoms with van der Waals surface area (Å²) in [7, 11) is 4.31. The summed E-state index contributed by atoms with van der Waals surface area (Å²) in [6, 6.07) is 0.291. The van der Waals surface area contributed by atoms with E-state index in [1.165, 1.54) is 50.7 Å². The molecule has 8 aliphatic heterocycles. The van der Waals surface area contributed by atoms with Crippen LogP contribution in [0.2, 0.25) is 0 Å². The molecule has 0 aromatic heterocycles. The lowest BCUT2D eigenvalue weighted by Gasteiger charge is -2.72. The predicted molar refractivity (Wildman–Crippen MR) is 222 cm³/mol. The zero-order valence-corrected chi connectivity index (χ0v) is 35.6. The topological polar surface area (TPSA) is 79.9 Å². The molecule has 0 aromatic carbocycles. The van der Waals surface area contributed by atoms with Gasteiger partial charge in [0.05, 0.1) is 37.4 Å². The van der Waals surface area contributed by atoms with Crippen molar-refractivity contribution < 1.29 is 23.1 Å². The number of ether oxygens (including phenoxy) is 4. The second-order valence-corrected chi connectivity index (χ2v) is 21.3. The van der Waals surface area contributed by atoms with Gasteiger partial charge < -0.3 is 33.8 Å². The molecular weight excluding hydrogens is 747 g/mol. The Balaban J connectivity index is 1.46. The van der Waals surface area contributed by atoms with Crippen molar-refractivity contribution in [1.29, 1.82) is 0 Å². The van der Waals surface area contributed by atoms with Gasteiger partial charge in [-0.1, -0.05) is 40.9 Å². The monoisotopic (exact) mass is 815 g/mol. The molecule has 10 nitrogen and oxygen atoms in total. The number of likely N-dealkylation sites (tertiary alicyclic amines) is 1. The van der Waals surface area contributed by atoms with Crippen LogP contribution in [0, 0.1) is 5.41 Å². The van der Waals surface area contributed by atoms with E-state index in [9.17, 15) is 0 Å². The van der Waals surface area contributed by atoms with Gasteiger partial charge in [0.2, 0.25) is 0 Å². The third-order valence-electron chi connectivity index (χ3n) is 13.6. The lowest BCUT2D eigenvalue weighted by atomic mass is 9.52. The van der Waals surface area contributed by atoms with Gasteiger partial charge in [-0.05, 0) is 95.0 Å². The van der Waals surface area contributed by atoms with Crippen LogP contribution >= 0.6 is 45.4 Å². The van der Waals surface area contributed by atoms with Crippen LogP contribution in [0.5, 0.6) is 0 Å². The molecule has 8 saturated heterocycles. The van der Waals surface area contributed by atoms with E-state index in [4.69, 9.17) is 23.1 Å². The Morgan fingerprint density at radius 1 is 0.623 bits per heavy atom. The largest absolute Gasteiger partial charge is 0.376 e. The first-order chi connectivity index (χ1) is 26.3. The molecule has 8 unspecified atom stereocenters. The molecule has 0 bridgehead atoms. The van der Waals surface area contributed by atoms with Crippen LogP contribution in [0.1, 0.15) is 89.9 Å². The van der Waals surface area contributed by atoms with E-state index in [0.717, 1.165) is 129 Å². The Labute approximate surface area is 337 Å². The van der Waals surface area contributed by atoms with E-state index in [0.29, 0.717) is 31.1 Å². The van der Waals surface area contributed by atoms with Gasteiger partial charge in [0.25, 0.3) is 0 Å². The van der Waals surface area contributed by atoms with Crippen molar-refractivity contribution in [3.05, 3.63) is 0 Å². The molecule has 0 saturated carbocycles. The van der Waals surface area contributed by atoms with Crippen molar-refractivity contribution in [3.63, 3.8) is 0 Å². The lowest BCUT2D eigenvalue weighted by Crippen LogP contribution is -2.88. The number of thioether (sulfide) groups is 1. The third-order valence-corrected chi connectivity index (χ3v) is 19.0. The van der Waals surface area contributed by atoms with E-state index in [1.54, 1.807) is 12.0 Å². The van der Waals surface area contributed by atoms with Crippen molar-refractivity contribution in [2.45, 2.75) is 130 Å². The number of nitrogens with one attached hydrogen (secondary N) is 2. The minimum Gasteiger partial charge on any atom is -0.376 e. The second kappa shape index (κ2) is 19.8. The molecule has 2 N–H and O–H groups in total. The molecule has 8 heterocycles. The van der Waals surface area contributed by atoms with Crippen LogP contribution in [0.3, 0.4) is 0 Å². The first kappa shape index (κ1) is 40.8. The van der Waals surface area contributed by atoms with Crippen LogP contribution in [-0.4, -0.2) is 164 Å². The normalized spacial score (nSPS) is 42.9. The van der Waals surface area contributed by atoms with Gasteiger partial charge >= 0.3 is 0 Å². The van der Waals surface area contributed by atoms with Gasteiger partial charge in [-0.15, -0.1) is 11.8 Å². The number of piperazine rings is 1. The average Bonchev–Trinajstić information content (AvgIpc) is 3.81. The highest BCUT2D eigenvalue weighted by Crippen LogP contribution is 2.68. The summed E-state index contributed by atoms with van der Waals surface area (Å²) in [6.45, 7) is 13.1. The minimum atomic E-state index is -0.703. The predicted octanol–water partition coefficient (Wildman–Crippen LogP) is 5.67. The van der Waals surface area contributed by atoms with E-state index in [-0.39, 0.29) is 23.9 Å². The highest BCUT2D eigenvalue weighted by molar-refractivity contribution is 8.77. The maximum atomic E-state index is 8.28. The van der Waals surface area contributed by atoms with Crippen LogP contribution in [0.25, 0.3) is 0 Å². The van der Waals surface area contributed by atoms with Crippen molar-refractivity contribution in [1.82, 2.24) is 25.3 Å². The summed E-state index contributed by atoms with van der Waals surface area (Å²) < 4.78 is 36.7. The maximum absolute atomic E-state index is 8.28. The fourth-order valence-electron chi connectivity index (χ4n) is 11.6. The highest BCUT2D eigenvalue weighted by Gasteiger charge is 2.80. The molecule has 0 radical (unpaired) electrons. The zero-order valence-electron chi connectivity index (χ0n) is 32.3. The molecule has 8 fully saturated rings. The standard InChI is InChI=1S/C39H69N5O5S4/c1-2-6-20-44(19-5-1)39(48-36-13-4-3-7-25-47-36)38(33-11-8-28-51-49-33,43-21-10-15-40-18-24-43)37(34-31-45-26-27-46-34,35-12-9-29-52-53-35)32(14-30-50-39)42-22-16-41-17-23-42/h32-36,40-41H,1-31H2. The molecule has 0 aliphatic carbocycles. The smallest absolute Gasteiger partial charge is 0.194 e. The number of hydrogen-bond donors (Lipinski definition) is 2. The molecule has 53 heavy (non-hydrogen) atoms. The van der Waals surface area contributed by atoms with E-state index < -0.39 is 10.6 Å². The molecule has 304 valence electrons. The fourth-order valence-corrected chi connectivity index (χ4v) is 17.5. The Bertz CT molecular complexity index is 1070. The van der Waals surface area contributed by atoms with E-state index in [2.05, 4.69) is 58.7 Å². The van der Waals surface area contributed by atoms with Crippen LogP contribution in [-0.2, 0) is 23.1 Å². The summed E-state index contributed by atoms with van der Waals surface area (Å²) >= 11 is 3.90. The Morgan fingerprint density at radius 3 is 2.23 bits per heavy atom. The van der Waals surface area contributed by atoms with Gasteiger partial charge in [0.15, 0.2) is 11.3 Å². The van der Waals surface area contributed by atoms with Gasteiger partial charge in [0.1, 0.15) is 5.54 Å². The first-order valence-electron chi connectivity index (χ1n) is 21.7. The SMILES string of the molecule is C1CCOC(OC2(N3CCCCCC3)SCCC(N3CCNCC3)C(C3COCCO3)(C3CCCSS3)C2(C2CCCSO2)N2CCCNCC2)CC1. The Morgan fingerprint density at radius 2 is 1.43 bits per heavy atom. The summed E-state index contributed by atoms with van der Waals surface area (Å²) in [5, 5.41) is 7.25. The van der Waals surface area contributed by atoms with E-state index in [1.807, 2.05) is 0 Å². The van der Waals surface area contributed by atoms with Gasteiger partial charge in [-0.3, -0.25) is 14.7 Å². The Kier molecular flexibility index (Phi) is 15.3. The highest BCUT2D eigenvalue weighted by atomic mass is 33.1. The lowest BCUT2D eigenvalue weighted by molar-refractivity contribution is -0.326. The molecule has 8 atom stereocenters. The average molecular weight is 816 g/mol. The fraction of sp³-hybridized carbons (Fsp3) is 1.00. The second-order valence-electron chi connectivity index (χ2n) is 16.5. The third kappa shape index (κ3) is 8.16.